The zero-order valence-electron chi connectivity index (χ0n) is 14.5. The van der Waals surface area contributed by atoms with Crippen LogP contribution in [0.5, 0.6) is 0 Å². The van der Waals surface area contributed by atoms with E-state index in [1.165, 1.54) is 9.75 Å². The second kappa shape index (κ2) is 7.99. The van der Waals surface area contributed by atoms with E-state index in [9.17, 15) is 4.79 Å². The van der Waals surface area contributed by atoms with Crippen LogP contribution in [0.3, 0.4) is 0 Å². The van der Waals surface area contributed by atoms with Gasteiger partial charge < -0.3 is 9.32 Å². The first-order chi connectivity index (χ1) is 11.6. The van der Waals surface area contributed by atoms with Gasteiger partial charge in [0.15, 0.2) is 0 Å². The van der Waals surface area contributed by atoms with Crippen LogP contribution in [-0.2, 0) is 17.9 Å². The van der Waals surface area contributed by atoms with Crippen molar-refractivity contribution in [2.24, 2.45) is 5.92 Å². The molecule has 0 saturated carbocycles. The van der Waals surface area contributed by atoms with Crippen LogP contribution in [0.15, 0.2) is 34.9 Å². The van der Waals surface area contributed by atoms with Gasteiger partial charge in [-0.1, -0.05) is 6.92 Å². The molecule has 1 fully saturated rings. The Morgan fingerprint density at radius 2 is 2.08 bits per heavy atom. The molecule has 0 N–H and O–H groups in total. The van der Waals surface area contributed by atoms with Crippen LogP contribution in [0, 0.1) is 12.8 Å². The molecule has 130 valence electrons. The average molecular weight is 346 g/mol. The van der Waals surface area contributed by atoms with Gasteiger partial charge in [-0.05, 0) is 49.9 Å². The Hall–Kier alpha value is -1.59. The lowest BCUT2D eigenvalue weighted by molar-refractivity contribution is -0.134. The van der Waals surface area contributed by atoms with Crippen molar-refractivity contribution in [2.75, 3.05) is 19.6 Å². The maximum atomic E-state index is 12.7. The minimum absolute atomic E-state index is 0.238. The number of furan rings is 1. The molecular weight excluding hydrogens is 320 g/mol. The summed E-state index contributed by atoms with van der Waals surface area (Å²) in [5.74, 6) is 1.88. The second-order valence-corrected chi connectivity index (χ2v) is 8.17. The summed E-state index contributed by atoms with van der Waals surface area (Å²) in [5.41, 5.74) is 0. The monoisotopic (exact) mass is 346 g/mol. The highest BCUT2D eigenvalue weighted by Gasteiger charge is 2.22. The van der Waals surface area contributed by atoms with Crippen molar-refractivity contribution in [3.05, 3.63) is 46.0 Å². The number of carbonyl (C=O) groups is 1. The van der Waals surface area contributed by atoms with E-state index >= 15 is 0 Å². The minimum Gasteiger partial charge on any atom is -0.468 e. The third kappa shape index (κ3) is 4.71. The van der Waals surface area contributed by atoms with E-state index in [0.29, 0.717) is 13.1 Å². The van der Waals surface area contributed by atoms with Crippen LogP contribution in [0.1, 0.15) is 35.3 Å². The molecule has 5 heteroatoms. The maximum Gasteiger partial charge on any atom is 0.236 e. The maximum absolute atomic E-state index is 12.7. The van der Waals surface area contributed by atoms with Gasteiger partial charge in [0.1, 0.15) is 5.76 Å². The lowest BCUT2D eigenvalue weighted by Gasteiger charge is -2.32. The highest BCUT2D eigenvalue weighted by molar-refractivity contribution is 7.11. The molecule has 0 bridgehead atoms. The van der Waals surface area contributed by atoms with Crippen molar-refractivity contribution in [1.82, 2.24) is 9.80 Å². The van der Waals surface area contributed by atoms with Crippen LogP contribution in [0.2, 0.25) is 0 Å². The van der Waals surface area contributed by atoms with Crippen molar-refractivity contribution >= 4 is 17.2 Å². The fraction of sp³-hybridized carbons (Fsp3) is 0.526. The molecule has 3 heterocycles. The lowest BCUT2D eigenvalue weighted by Crippen LogP contribution is -2.43. The molecule has 0 aromatic carbocycles. The third-order valence-corrected chi connectivity index (χ3v) is 5.62. The van der Waals surface area contributed by atoms with Gasteiger partial charge in [0.2, 0.25) is 5.91 Å². The molecule has 4 nitrogen and oxygen atoms in total. The Labute approximate surface area is 148 Å². The number of hydrogen-bond acceptors (Lipinski definition) is 4. The van der Waals surface area contributed by atoms with Crippen LogP contribution in [0.4, 0.5) is 0 Å². The Morgan fingerprint density at radius 3 is 2.71 bits per heavy atom. The lowest BCUT2D eigenvalue weighted by atomic mass is 9.99. The molecule has 1 amide bonds. The van der Waals surface area contributed by atoms with E-state index in [0.717, 1.165) is 44.2 Å². The summed E-state index contributed by atoms with van der Waals surface area (Å²) in [4.78, 5) is 19.5. The van der Waals surface area contributed by atoms with Crippen LogP contribution in [-0.4, -0.2) is 35.3 Å². The van der Waals surface area contributed by atoms with Gasteiger partial charge in [0.05, 0.1) is 19.4 Å². The minimum atomic E-state index is 0.238. The number of piperidine rings is 1. The molecule has 0 unspecified atom stereocenters. The number of thiophene rings is 1. The van der Waals surface area contributed by atoms with Gasteiger partial charge in [-0.15, -0.1) is 11.3 Å². The van der Waals surface area contributed by atoms with E-state index in [2.05, 4.69) is 30.9 Å². The summed E-state index contributed by atoms with van der Waals surface area (Å²) in [5, 5.41) is 0. The normalized spacial score (nSPS) is 16.0. The van der Waals surface area contributed by atoms with Crippen LogP contribution >= 0.6 is 11.3 Å². The van der Waals surface area contributed by atoms with Gasteiger partial charge in [0, 0.05) is 29.4 Å². The molecule has 24 heavy (non-hydrogen) atoms. The van der Waals surface area contributed by atoms with Gasteiger partial charge in [-0.25, -0.2) is 0 Å². The summed E-state index contributed by atoms with van der Waals surface area (Å²) in [7, 11) is 0. The third-order valence-electron chi connectivity index (χ3n) is 4.63. The van der Waals surface area contributed by atoms with Gasteiger partial charge in [-0.2, -0.15) is 0 Å². The number of nitrogens with zero attached hydrogens (tertiary/aromatic N) is 2. The zero-order valence-corrected chi connectivity index (χ0v) is 15.3. The van der Waals surface area contributed by atoms with E-state index in [-0.39, 0.29) is 5.91 Å². The highest BCUT2D eigenvalue weighted by Crippen LogP contribution is 2.20. The summed E-state index contributed by atoms with van der Waals surface area (Å²) < 4.78 is 5.48. The Kier molecular flexibility index (Phi) is 5.74. The van der Waals surface area contributed by atoms with Crippen molar-refractivity contribution in [1.29, 1.82) is 0 Å². The van der Waals surface area contributed by atoms with Crippen LogP contribution < -0.4 is 0 Å². The first kappa shape index (κ1) is 17.2. The van der Waals surface area contributed by atoms with Crippen molar-refractivity contribution in [3.63, 3.8) is 0 Å². The van der Waals surface area contributed by atoms with Gasteiger partial charge in [0.25, 0.3) is 0 Å². The summed E-state index contributed by atoms with van der Waals surface area (Å²) in [6.45, 7) is 8.08. The van der Waals surface area contributed by atoms with Crippen molar-refractivity contribution in [3.8, 4) is 0 Å². The largest absolute Gasteiger partial charge is 0.468 e. The molecule has 3 rings (SSSR count). The second-order valence-electron chi connectivity index (χ2n) is 6.80. The zero-order chi connectivity index (χ0) is 16.9. The fourth-order valence-electron chi connectivity index (χ4n) is 3.13. The predicted molar refractivity (Wildman–Crippen MR) is 96.9 cm³/mol. The molecule has 1 aliphatic rings. The Bertz CT molecular complexity index is 642. The predicted octanol–water partition coefficient (Wildman–Crippen LogP) is 3.91. The van der Waals surface area contributed by atoms with Crippen molar-refractivity contribution in [2.45, 2.75) is 39.8 Å². The number of carbonyl (C=O) groups excluding carboxylic acids is 1. The molecule has 1 aliphatic heterocycles. The molecule has 2 aromatic heterocycles. The summed E-state index contributed by atoms with van der Waals surface area (Å²) in [6.07, 6.45) is 3.93. The smallest absolute Gasteiger partial charge is 0.236 e. The number of amides is 1. The number of hydrogen-bond donors (Lipinski definition) is 0. The van der Waals surface area contributed by atoms with E-state index in [1.807, 2.05) is 17.0 Å². The van der Waals surface area contributed by atoms with Crippen molar-refractivity contribution < 1.29 is 9.21 Å². The van der Waals surface area contributed by atoms with Crippen LogP contribution in [0.25, 0.3) is 0 Å². The summed E-state index contributed by atoms with van der Waals surface area (Å²) in [6, 6.07) is 8.16. The molecular formula is C19H26N2O2S. The van der Waals surface area contributed by atoms with E-state index < -0.39 is 0 Å². The molecule has 2 aromatic rings. The highest BCUT2D eigenvalue weighted by atomic mass is 32.1. The first-order valence-electron chi connectivity index (χ1n) is 8.68. The SMILES string of the molecule is Cc1ccc(CN(CC(=O)N2CCC(C)CC2)Cc2ccco2)s1. The van der Waals surface area contributed by atoms with E-state index in [1.54, 1.807) is 17.6 Å². The summed E-state index contributed by atoms with van der Waals surface area (Å²) >= 11 is 1.79. The molecule has 0 atom stereocenters. The molecule has 0 spiro atoms. The topological polar surface area (TPSA) is 36.7 Å². The average Bonchev–Trinajstić information content (AvgIpc) is 3.20. The van der Waals surface area contributed by atoms with E-state index in [4.69, 9.17) is 4.42 Å². The Balaban J connectivity index is 1.63. The molecule has 1 saturated heterocycles. The fourth-order valence-corrected chi connectivity index (χ4v) is 4.06. The molecule has 0 radical (unpaired) electrons. The Morgan fingerprint density at radius 1 is 1.29 bits per heavy atom. The standard InChI is InChI=1S/C19H26N2O2S/c1-15-7-9-21(10-8-15)19(22)14-20(12-17-4-3-11-23-17)13-18-6-5-16(2)24-18/h3-6,11,15H,7-10,12-14H2,1-2H3. The van der Waals surface area contributed by atoms with Gasteiger partial charge >= 0.3 is 0 Å². The molecule has 0 aliphatic carbocycles. The first-order valence-corrected chi connectivity index (χ1v) is 9.49. The quantitative estimate of drug-likeness (QED) is 0.796. The number of likely N-dealkylation sites (tertiary alicyclic amines) is 1. The number of rotatable bonds is 6. The van der Waals surface area contributed by atoms with Gasteiger partial charge in [-0.3, -0.25) is 9.69 Å². The number of aryl methyl sites for hydroxylation is 1.